The Balaban J connectivity index is 1.50. The first-order valence-corrected chi connectivity index (χ1v) is 7.78. The molecular weight excluding hydrogens is 269 g/mol. The Morgan fingerprint density at radius 2 is 1.86 bits per heavy atom. The van der Waals surface area contributed by atoms with Crippen molar-refractivity contribution in [3.8, 4) is 0 Å². The van der Waals surface area contributed by atoms with Crippen molar-refractivity contribution in [2.45, 2.75) is 31.7 Å². The predicted molar refractivity (Wildman–Crippen MR) is 80.8 cm³/mol. The molecule has 0 unspecified atom stereocenters. The maximum Gasteiger partial charge on any atom is 0.321 e. The highest BCUT2D eigenvalue weighted by atomic mass is 19.1. The molecule has 0 spiro atoms. The molecular formula is C16H22FN3O. The largest absolute Gasteiger partial charge is 0.322 e. The predicted octanol–water partition coefficient (Wildman–Crippen LogP) is 2.92. The fourth-order valence-electron chi connectivity index (χ4n) is 3.33. The summed E-state index contributed by atoms with van der Waals surface area (Å²) < 4.78 is 13.1. The third-order valence-corrected chi connectivity index (χ3v) is 4.52. The maximum atomic E-state index is 13.1. The van der Waals surface area contributed by atoms with Gasteiger partial charge in [0.2, 0.25) is 0 Å². The highest BCUT2D eigenvalue weighted by Gasteiger charge is 2.27. The van der Waals surface area contributed by atoms with Crippen LogP contribution < -0.4 is 5.32 Å². The zero-order chi connectivity index (χ0) is 14.7. The molecule has 1 N–H and O–H groups in total. The highest BCUT2D eigenvalue weighted by Crippen LogP contribution is 2.24. The molecule has 2 amide bonds. The van der Waals surface area contributed by atoms with E-state index in [0.29, 0.717) is 5.69 Å². The van der Waals surface area contributed by atoms with E-state index < -0.39 is 0 Å². The Labute approximate surface area is 124 Å². The molecule has 0 aromatic heterocycles. The number of urea groups is 1. The third-order valence-electron chi connectivity index (χ3n) is 4.52. The summed E-state index contributed by atoms with van der Waals surface area (Å²) in [6, 6.07) is 6.60. The molecule has 1 saturated carbocycles. The highest BCUT2D eigenvalue weighted by molar-refractivity contribution is 5.89. The number of carbonyl (C=O) groups is 1. The zero-order valence-electron chi connectivity index (χ0n) is 12.2. The number of amides is 2. The van der Waals surface area contributed by atoms with E-state index in [2.05, 4.69) is 10.2 Å². The minimum atomic E-state index is -0.334. The molecule has 21 heavy (non-hydrogen) atoms. The number of hydrogen-bond donors (Lipinski definition) is 1. The zero-order valence-corrected chi connectivity index (χ0v) is 12.2. The summed E-state index contributed by atoms with van der Waals surface area (Å²) in [4.78, 5) is 16.5. The molecule has 114 valence electrons. The van der Waals surface area contributed by atoms with Gasteiger partial charge in [-0.1, -0.05) is 18.9 Å². The summed E-state index contributed by atoms with van der Waals surface area (Å²) in [6.07, 6.45) is 5.28. The van der Waals surface area contributed by atoms with Crippen LogP contribution in [0.4, 0.5) is 14.9 Å². The third kappa shape index (κ3) is 3.53. The van der Waals surface area contributed by atoms with E-state index in [1.165, 1.54) is 37.8 Å². The van der Waals surface area contributed by atoms with Crippen LogP contribution >= 0.6 is 0 Å². The van der Waals surface area contributed by atoms with Gasteiger partial charge in [0, 0.05) is 37.9 Å². The first kappa shape index (κ1) is 14.3. The van der Waals surface area contributed by atoms with Crippen molar-refractivity contribution in [3.63, 3.8) is 0 Å². The van der Waals surface area contributed by atoms with E-state index in [-0.39, 0.29) is 11.8 Å². The number of anilines is 1. The van der Waals surface area contributed by atoms with Gasteiger partial charge in [0.1, 0.15) is 5.82 Å². The number of carbonyl (C=O) groups excluding carboxylic acids is 1. The average Bonchev–Trinajstić information content (AvgIpc) is 3.01. The summed E-state index contributed by atoms with van der Waals surface area (Å²) in [5.41, 5.74) is 0.512. The van der Waals surface area contributed by atoms with Gasteiger partial charge in [-0.3, -0.25) is 4.90 Å². The van der Waals surface area contributed by atoms with Crippen LogP contribution in [0.15, 0.2) is 24.3 Å². The lowest BCUT2D eigenvalue weighted by molar-refractivity contribution is 0.115. The molecule has 0 bridgehead atoms. The number of rotatable bonds is 2. The summed E-state index contributed by atoms with van der Waals surface area (Å²) in [7, 11) is 0. The molecule has 1 aromatic carbocycles. The second-order valence-electron chi connectivity index (χ2n) is 5.90. The summed E-state index contributed by atoms with van der Waals surface area (Å²) in [5.74, 6) is -0.334. The van der Waals surface area contributed by atoms with E-state index >= 15 is 0 Å². The lowest BCUT2D eigenvalue weighted by Crippen LogP contribution is -2.52. The first-order chi connectivity index (χ1) is 10.2. The lowest BCUT2D eigenvalue weighted by atomic mass is 10.2. The van der Waals surface area contributed by atoms with Crippen molar-refractivity contribution in [2.24, 2.45) is 0 Å². The standard InChI is InChI=1S/C16H22FN3O/c17-13-4-3-5-14(12-13)18-16(21)20-10-8-19(9-11-20)15-6-1-2-7-15/h3-5,12,15H,1-2,6-11H2,(H,18,21). The molecule has 1 heterocycles. The average molecular weight is 291 g/mol. The van der Waals surface area contributed by atoms with Crippen LogP contribution in [0.5, 0.6) is 0 Å². The normalized spacial score (nSPS) is 20.7. The first-order valence-electron chi connectivity index (χ1n) is 7.78. The smallest absolute Gasteiger partial charge is 0.321 e. The Kier molecular flexibility index (Phi) is 4.39. The minimum absolute atomic E-state index is 0.133. The van der Waals surface area contributed by atoms with Crippen LogP contribution in [-0.4, -0.2) is 48.1 Å². The summed E-state index contributed by atoms with van der Waals surface area (Å²) in [5, 5.41) is 2.77. The topological polar surface area (TPSA) is 35.6 Å². The fraction of sp³-hybridized carbons (Fsp3) is 0.562. The molecule has 3 rings (SSSR count). The van der Waals surface area contributed by atoms with E-state index in [9.17, 15) is 9.18 Å². The van der Waals surface area contributed by atoms with Gasteiger partial charge in [0.05, 0.1) is 0 Å². The van der Waals surface area contributed by atoms with E-state index in [0.717, 1.165) is 32.2 Å². The number of benzene rings is 1. The van der Waals surface area contributed by atoms with Crippen LogP contribution in [0.25, 0.3) is 0 Å². The lowest BCUT2D eigenvalue weighted by Gasteiger charge is -2.38. The van der Waals surface area contributed by atoms with Crippen molar-refractivity contribution in [2.75, 3.05) is 31.5 Å². The van der Waals surface area contributed by atoms with Crippen LogP contribution in [0.3, 0.4) is 0 Å². The molecule has 2 fully saturated rings. The SMILES string of the molecule is O=C(Nc1cccc(F)c1)N1CCN(C2CCCC2)CC1. The van der Waals surface area contributed by atoms with Gasteiger partial charge in [-0.15, -0.1) is 0 Å². The minimum Gasteiger partial charge on any atom is -0.322 e. The Hall–Kier alpha value is -1.62. The second kappa shape index (κ2) is 6.43. The van der Waals surface area contributed by atoms with E-state index in [1.807, 2.05) is 4.90 Å². The molecule has 1 aliphatic carbocycles. The summed E-state index contributed by atoms with van der Waals surface area (Å²) in [6.45, 7) is 3.39. The van der Waals surface area contributed by atoms with Gasteiger partial charge < -0.3 is 10.2 Å². The molecule has 2 aliphatic rings. The number of hydrogen-bond acceptors (Lipinski definition) is 2. The number of nitrogens with zero attached hydrogens (tertiary/aromatic N) is 2. The monoisotopic (exact) mass is 291 g/mol. The van der Waals surface area contributed by atoms with Crippen LogP contribution in [0.2, 0.25) is 0 Å². The number of piperazine rings is 1. The molecule has 1 aliphatic heterocycles. The van der Waals surface area contributed by atoms with Crippen molar-refractivity contribution in [1.29, 1.82) is 0 Å². The second-order valence-corrected chi connectivity index (χ2v) is 5.90. The van der Waals surface area contributed by atoms with E-state index in [1.54, 1.807) is 12.1 Å². The van der Waals surface area contributed by atoms with Crippen LogP contribution in [0, 0.1) is 5.82 Å². The van der Waals surface area contributed by atoms with Gasteiger partial charge in [0.25, 0.3) is 0 Å². The van der Waals surface area contributed by atoms with Crippen LogP contribution in [-0.2, 0) is 0 Å². The van der Waals surface area contributed by atoms with Crippen molar-refractivity contribution in [3.05, 3.63) is 30.1 Å². The van der Waals surface area contributed by atoms with Crippen molar-refractivity contribution in [1.82, 2.24) is 9.80 Å². The van der Waals surface area contributed by atoms with Gasteiger partial charge in [-0.25, -0.2) is 9.18 Å². The number of nitrogens with one attached hydrogen (secondary N) is 1. The molecule has 4 nitrogen and oxygen atoms in total. The molecule has 1 saturated heterocycles. The van der Waals surface area contributed by atoms with E-state index in [4.69, 9.17) is 0 Å². The summed E-state index contributed by atoms with van der Waals surface area (Å²) >= 11 is 0. The Morgan fingerprint density at radius 1 is 1.14 bits per heavy atom. The van der Waals surface area contributed by atoms with Crippen LogP contribution in [0.1, 0.15) is 25.7 Å². The molecule has 0 radical (unpaired) electrons. The molecule has 0 atom stereocenters. The molecule has 1 aromatic rings. The Morgan fingerprint density at radius 3 is 2.52 bits per heavy atom. The van der Waals surface area contributed by atoms with Gasteiger partial charge in [0.15, 0.2) is 0 Å². The fourth-order valence-corrected chi connectivity index (χ4v) is 3.33. The van der Waals surface area contributed by atoms with Crippen molar-refractivity contribution < 1.29 is 9.18 Å². The number of halogens is 1. The maximum absolute atomic E-state index is 13.1. The molecule has 5 heteroatoms. The quantitative estimate of drug-likeness (QED) is 0.909. The van der Waals surface area contributed by atoms with Gasteiger partial charge in [-0.05, 0) is 31.0 Å². The van der Waals surface area contributed by atoms with Crippen molar-refractivity contribution >= 4 is 11.7 Å². The Bertz CT molecular complexity index is 494. The van der Waals surface area contributed by atoms with Gasteiger partial charge in [-0.2, -0.15) is 0 Å². The van der Waals surface area contributed by atoms with Gasteiger partial charge >= 0.3 is 6.03 Å².